The maximum Gasteiger partial charge on any atom is 0.321 e. The quantitative estimate of drug-likeness (QED) is 0.890. The number of anilines is 2. The minimum absolute atomic E-state index is 0.00386. The number of nitrogens with zero attached hydrogens (tertiary/aromatic N) is 1. The molecule has 1 aromatic rings. The van der Waals surface area contributed by atoms with E-state index in [4.69, 9.17) is 0 Å². The first-order chi connectivity index (χ1) is 9.35. The number of hydrogen-bond acceptors (Lipinski definition) is 2. The number of amides is 3. The number of nitrogens with one attached hydrogen (secondary N) is 2. The van der Waals surface area contributed by atoms with Gasteiger partial charge in [-0.15, -0.1) is 0 Å². The summed E-state index contributed by atoms with van der Waals surface area (Å²) in [5, 5.41) is 5.63. The first-order valence-corrected chi connectivity index (χ1v) is 6.80. The van der Waals surface area contributed by atoms with Gasteiger partial charge in [0.05, 0.1) is 0 Å². The zero-order valence-corrected chi connectivity index (χ0v) is 12.2. The Morgan fingerprint density at radius 1 is 1.30 bits per heavy atom. The first-order valence-electron chi connectivity index (χ1n) is 6.80. The number of rotatable bonds is 3. The van der Waals surface area contributed by atoms with Crippen LogP contribution < -0.4 is 15.5 Å². The van der Waals surface area contributed by atoms with E-state index in [0.29, 0.717) is 19.5 Å². The molecule has 2 rings (SSSR count). The molecule has 5 heteroatoms. The van der Waals surface area contributed by atoms with E-state index in [0.717, 1.165) is 11.4 Å². The van der Waals surface area contributed by atoms with Gasteiger partial charge >= 0.3 is 6.03 Å². The first kappa shape index (κ1) is 14.4. The van der Waals surface area contributed by atoms with Gasteiger partial charge in [-0.1, -0.05) is 20.8 Å². The molecule has 0 radical (unpaired) electrons. The molecule has 1 aromatic carbocycles. The molecular formula is C15H21N3O2. The van der Waals surface area contributed by atoms with Gasteiger partial charge in [0.1, 0.15) is 0 Å². The summed E-state index contributed by atoms with van der Waals surface area (Å²) < 4.78 is 0. The average Bonchev–Trinajstić information content (AvgIpc) is 2.74. The van der Waals surface area contributed by atoms with Crippen LogP contribution in [-0.4, -0.2) is 25.0 Å². The summed E-state index contributed by atoms with van der Waals surface area (Å²) >= 11 is 0. The molecule has 108 valence electrons. The third-order valence-electron chi connectivity index (χ3n) is 3.01. The summed E-state index contributed by atoms with van der Waals surface area (Å²) in [7, 11) is 0. The molecule has 0 saturated carbocycles. The normalized spacial score (nSPS) is 15.2. The predicted molar refractivity (Wildman–Crippen MR) is 79.9 cm³/mol. The smallest absolute Gasteiger partial charge is 0.321 e. The van der Waals surface area contributed by atoms with Gasteiger partial charge in [0.2, 0.25) is 5.91 Å². The molecule has 0 unspecified atom stereocenters. The molecule has 0 atom stereocenters. The number of urea groups is 1. The summed E-state index contributed by atoms with van der Waals surface area (Å²) in [5.41, 5.74) is 1.56. The SMILES string of the molecule is CC(C)(C)CC(=O)Nc1ccc(N2CCNC2=O)cc1. The highest BCUT2D eigenvalue weighted by Gasteiger charge is 2.21. The van der Waals surface area contributed by atoms with Gasteiger partial charge in [0.25, 0.3) is 0 Å². The van der Waals surface area contributed by atoms with E-state index >= 15 is 0 Å². The Kier molecular flexibility index (Phi) is 3.97. The number of benzene rings is 1. The number of carbonyl (C=O) groups excluding carboxylic acids is 2. The van der Waals surface area contributed by atoms with E-state index in [-0.39, 0.29) is 17.4 Å². The molecule has 0 spiro atoms. The molecule has 0 aromatic heterocycles. The van der Waals surface area contributed by atoms with Crippen LogP contribution in [0.3, 0.4) is 0 Å². The van der Waals surface area contributed by atoms with Crippen molar-refractivity contribution in [1.82, 2.24) is 5.32 Å². The van der Waals surface area contributed by atoms with Crippen LogP contribution in [0, 0.1) is 5.41 Å². The lowest BCUT2D eigenvalue weighted by Gasteiger charge is -2.18. The van der Waals surface area contributed by atoms with Gasteiger partial charge in [-0.3, -0.25) is 9.69 Å². The van der Waals surface area contributed by atoms with E-state index < -0.39 is 0 Å². The third kappa shape index (κ3) is 3.73. The molecule has 2 N–H and O–H groups in total. The molecule has 1 aliphatic rings. The molecule has 20 heavy (non-hydrogen) atoms. The lowest BCUT2D eigenvalue weighted by molar-refractivity contribution is -0.117. The molecule has 5 nitrogen and oxygen atoms in total. The summed E-state index contributed by atoms with van der Waals surface area (Å²) in [5.74, 6) is 0.00386. The van der Waals surface area contributed by atoms with Gasteiger partial charge in [-0.05, 0) is 29.7 Å². The number of carbonyl (C=O) groups is 2. The second-order valence-corrected chi connectivity index (χ2v) is 6.22. The minimum atomic E-state index is -0.0745. The largest absolute Gasteiger partial charge is 0.336 e. The molecule has 1 heterocycles. The lowest BCUT2D eigenvalue weighted by Crippen LogP contribution is -2.27. The minimum Gasteiger partial charge on any atom is -0.336 e. The van der Waals surface area contributed by atoms with Gasteiger partial charge in [0, 0.05) is 30.9 Å². The van der Waals surface area contributed by atoms with E-state index in [1.165, 1.54) is 0 Å². The van der Waals surface area contributed by atoms with Crippen molar-refractivity contribution in [1.29, 1.82) is 0 Å². The van der Waals surface area contributed by atoms with Crippen LogP contribution in [0.4, 0.5) is 16.2 Å². The second-order valence-electron chi connectivity index (χ2n) is 6.22. The Morgan fingerprint density at radius 2 is 1.95 bits per heavy atom. The zero-order chi connectivity index (χ0) is 14.8. The Hall–Kier alpha value is -2.04. The van der Waals surface area contributed by atoms with Crippen molar-refractivity contribution in [2.45, 2.75) is 27.2 Å². The summed E-state index contributed by atoms with van der Waals surface area (Å²) in [6.45, 7) is 7.43. The van der Waals surface area contributed by atoms with Gasteiger partial charge in [-0.2, -0.15) is 0 Å². The highest BCUT2D eigenvalue weighted by atomic mass is 16.2. The monoisotopic (exact) mass is 275 g/mol. The van der Waals surface area contributed by atoms with Crippen molar-refractivity contribution in [2.24, 2.45) is 5.41 Å². The average molecular weight is 275 g/mol. The van der Waals surface area contributed by atoms with Crippen molar-refractivity contribution in [3.05, 3.63) is 24.3 Å². The Morgan fingerprint density at radius 3 is 2.45 bits per heavy atom. The van der Waals surface area contributed by atoms with Crippen molar-refractivity contribution >= 4 is 23.3 Å². The highest BCUT2D eigenvalue weighted by molar-refractivity contribution is 5.95. The van der Waals surface area contributed by atoms with Crippen LogP contribution in [0.1, 0.15) is 27.2 Å². The summed E-state index contributed by atoms with van der Waals surface area (Å²) in [4.78, 5) is 25.1. The van der Waals surface area contributed by atoms with Crippen LogP contribution in [0.25, 0.3) is 0 Å². The zero-order valence-electron chi connectivity index (χ0n) is 12.2. The molecular weight excluding hydrogens is 254 g/mol. The van der Waals surface area contributed by atoms with Crippen LogP contribution in [0.2, 0.25) is 0 Å². The van der Waals surface area contributed by atoms with Gasteiger partial charge in [-0.25, -0.2) is 4.79 Å². The van der Waals surface area contributed by atoms with Crippen molar-refractivity contribution in [2.75, 3.05) is 23.3 Å². The van der Waals surface area contributed by atoms with E-state index in [1.807, 2.05) is 45.0 Å². The standard InChI is InChI=1S/C15H21N3O2/c1-15(2,3)10-13(19)17-11-4-6-12(7-5-11)18-9-8-16-14(18)20/h4-7H,8-10H2,1-3H3,(H,16,20)(H,17,19). The second kappa shape index (κ2) is 5.53. The predicted octanol–water partition coefficient (Wildman–Crippen LogP) is 2.59. The van der Waals surface area contributed by atoms with E-state index in [9.17, 15) is 9.59 Å². The van der Waals surface area contributed by atoms with Crippen LogP contribution in [-0.2, 0) is 4.79 Å². The number of hydrogen-bond donors (Lipinski definition) is 2. The van der Waals surface area contributed by atoms with E-state index in [1.54, 1.807) is 4.90 Å². The maximum absolute atomic E-state index is 11.8. The fraction of sp³-hybridized carbons (Fsp3) is 0.467. The third-order valence-corrected chi connectivity index (χ3v) is 3.01. The summed E-state index contributed by atoms with van der Waals surface area (Å²) in [6, 6.07) is 7.26. The molecule has 0 bridgehead atoms. The Bertz CT molecular complexity index is 503. The van der Waals surface area contributed by atoms with E-state index in [2.05, 4.69) is 10.6 Å². The Labute approximate surface area is 119 Å². The highest BCUT2D eigenvalue weighted by Crippen LogP contribution is 2.22. The van der Waals surface area contributed by atoms with Crippen molar-refractivity contribution in [3.8, 4) is 0 Å². The van der Waals surface area contributed by atoms with Crippen molar-refractivity contribution in [3.63, 3.8) is 0 Å². The fourth-order valence-corrected chi connectivity index (χ4v) is 2.13. The lowest BCUT2D eigenvalue weighted by atomic mass is 9.92. The van der Waals surface area contributed by atoms with Crippen LogP contribution in [0.5, 0.6) is 0 Å². The van der Waals surface area contributed by atoms with Crippen LogP contribution in [0.15, 0.2) is 24.3 Å². The molecule has 1 saturated heterocycles. The molecule has 0 aliphatic carbocycles. The van der Waals surface area contributed by atoms with Crippen LogP contribution >= 0.6 is 0 Å². The molecule has 1 fully saturated rings. The van der Waals surface area contributed by atoms with Gasteiger partial charge < -0.3 is 10.6 Å². The molecule has 1 aliphatic heterocycles. The fourth-order valence-electron chi connectivity index (χ4n) is 2.13. The van der Waals surface area contributed by atoms with Gasteiger partial charge in [0.15, 0.2) is 0 Å². The maximum atomic E-state index is 11.8. The Balaban J connectivity index is 1.98. The summed E-state index contributed by atoms with van der Waals surface area (Å²) in [6.07, 6.45) is 0.475. The topological polar surface area (TPSA) is 61.4 Å². The molecule has 3 amide bonds. The van der Waals surface area contributed by atoms with Crippen molar-refractivity contribution < 1.29 is 9.59 Å².